The first-order valence-electron chi connectivity index (χ1n) is 10.3. The molecular weight excluding hydrogens is 435 g/mol. The Morgan fingerprint density at radius 2 is 1.79 bits per heavy atom. The van der Waals surface area contributed by atoms with E-state index in [4.69, 9.17) is 10.4 Å². The second-order valence-corrected chi connectivity index (χ2v) is 8.18. The predicted octanol–water partition coefficient (Wildman–Crippen LogP) is 4.84. The maximum Gasteiger partial charge on any atom is 0.417 e. The predicted molar refractivity (Wildman–Crippen MR) is 114 cm³/mol. The number of carboxylic acid groups (broad SMARTS) is 1. The van der Waals surface area contributed by atoms with Crippen molar-refractivity contribution >= 4 is 23.3 Å². The molecule has 9 heteroatoms. The number of alkyl halides is 3. The zero-order valence-electron chi connectivity index (χ0n) is 17.5. The molecule has 4 rings (SSSR count). The van der Waals surface area contributed by atoms with Gasteiger partial charge in [-0.25, -0.2) is 0 Å². The number of carboxylic acids is 1. The van der Waals surface area contributed by atoms with E-state index in [1.807, 2.05) is 0 Å². The number of aliphatic carboxylic acids is 1. The maximum atomic E-state index is 13.5. The molecule has 0 radical (unpaired) electrons. The highest BCUT2D eigenvalue weighted by molar-refractivity contribution is 6.11. The van der Waals surface area contributed by atoms with Crippen LogP contribution in [0.1, 0.15) is 42.4 Å². The van der Waals surface area contributed by atoms with Gasteiger partial charge in [0.25, 0.3) is 5.91 Å². The molecule has 1 saturated heterocycles. The monoisotopic (exact) mass is 455 g/mol. The first-order chi connectivity index (χ1) is 15.6. The third-order valence-corrected chi connectivity index (χ3v) is 6.24. The van der Waals surface area contributed by atoms with Crippen LogP contribution in [0.15, 0.2) is 54.9 Å². The minimum atomic E-state index is -4.75. The highest BCUT2D eigenvalue weighted by atomic mass is 19.4. The number of aryl methyl sites for hydroxylation is 1. The Morgan fingerprint density at radius 3 is 2.30 bits per heavy atom. The van der Waals surface area contributed by atoms with Gasteiger partial charge in [-0.05, 0) is 61.6 Å². The zero-order chi connectivity index (χ0) is 24.0. The Hall–Kier alpha value is -3.80. The molecule has 1 aliphatic carbocycles. The average molecular weight is 455 g/mol. The smallest absolute Gasteiger partial charge is 0.417 e. The van der Waals surface area contributed by atoms with Gasteiger partial charge in [0, 0.05) is 12.1 Å². The summed E-state index contributed by atoms with van der Waals surface area (Å²) >= 11 is 0. The standard InChI is InChI=1S/C24H20F3N3O3/c1-15-29(19-9-6-17(14-28)20(13-19)24(25,26)27)22(33)23(11-2-12-23)30(15)18-7-3-16(4-8-18)5-10-21(31)32/h3-4,6-9,13H,1-2,5,10-12H2,(H,31,32). The normalized spacial score (nSPS) is 17.3. The van der Waals surface area contributed by atoms with E-state index in [1.54, 1.807) is 35.2 Å². The minimum absolute atomic E-state index is 0.00294. The molecule has 2 aromatic rings. The number of hydrogen-bond donors (Lipinski definition) is 1. The number of rotatable bonds is 5. The van der Waals surface area contributed by atoms with Gasteiger partial charge < -0.3 is 10.0 Å². The number of amides is 1. The van der Waals surface area contributed by atoms with Gasteiger partial charge in [0.1, 0.15) is 11.4 Å². The molecule has 1 saturated carbocycles. The van der Waals surface area contributed by atoms with E-state index in [0.29, 0.717) is 24.9 Å². The lowest BCUT2D eigenvalue weighted by Crippen LogP contribution is -2.54. The Labute approximate surface area is 188 Å². The zero-order valence-corrected chi connectivity index (χ0v) is 17.5. The average Bonchev–Trinajstić information content (AvgIpc) is 2.98. The van der Waals surface area contributed by atoms with Crippen molar-refractivity contribution in [1.82, 2.24) is 0 Å². The van der Waals surface area contributed by atoms with E-state index in [9.17, 15) is 22.8 Å². The molecule has 6 nitrogen and oxygen atoms in total. The van der Waals surface area contributed by atoms with E-state index in [2.05, 4.69) is 6.58 Å². The summed E-state index contributed by atoms with van der Waals surface area (Å²) in [6.07, 6.45) is -2.54. The molecule has 1 amide bonds. The Morgan fingerprint density at radius 1 is 1.15 bits per heavy atom. The molecule has 1 aliphatic heterocycles. The first kappa shape index (κ1) is 22.4. The number of carbonyl (C=O) groups excluding carboxylic acids is 1. The van der Waals surface area contributed by atoms with Crippen molar-refractivity contribution < 1.29 is 27.9 Å². The van der Waals surface area contributed by atoms with Gasteiger partial charge >= 0.3 is 12.1 Å². The van der Waals surface area contributed by atoms with Gasteiger partial charge in [0.15, 0.2) is 0 Å². The fraction of sp³-hybridized carbons (Fsp3) is 0.292. The Balaban J connectivity index is 1.71. The second-order valence-electron chi connectivity index (χ2n) is 8.18. The summed E-state index contributed by atoms with van der Waals surface area (Å²) in [7, 11) is 0. The van der Waals surface area contributed by atoms with Gasteiger partial charge in [-0.3, -0.25) is 14.5 Å². The van der Waals surface area contributed by atoms with E-state index < -0.39 is 28.8 Å². The SMILES string of the molecule is C=C1N(c2ccc(C#N)c(C(F)(F)F)c2)C(=O)C2(CCC2)N1c1ccc(CCC(=O)O)cc1. The first-order valence-corrected chi connectivity index (χ1v) is 10.3. The molecule has 33 heavy (non-hydrogen) atoms. The summed E-state index contributed by atoms with van der Waals surface area (Å²) in [6.45, 7) is 4.02. The number of halogens is 3. The summed E-state index contributed by atoms with van der Waals surface area (Å²) in [5.41, 5.74) is -1.07. The summed E-state index contributed by atoms with van der Waals surface area (Å²) in [4.78, 5) is 27.2. The molecule has 1 spiro atoms. The largest absolute Gasteiger partial charge is 0.481 e. The molecule has 0 aromatic heterocycles. The van der Waals surface area contributed by atoms with Gasteiger partial charge in [-0.15, -0.1) is 0 Å². The Bertz CT molecular complexity index is 1180. The van der Waals surface area contributed by atoms with Crippen molar-refractivity contribution in [3.8, 4) is 6.07 Å². The molecule has 2 aromatic carbocycles. The van der Waals surface area contributed by atoms with E-state index in [1.165, 1.54) is 11.0 Å². The van der Waals surface area contributed by atoms with Crippen LogP contribution in [0.2, 0.25) is 0 Å². The van der Waals surface area contributed by atoms with Crippen LogP contribution in [0.5, 0.6) is 0 Å². The fourth-order valence-corrected chi connectivity index (χ4v) is 4.45. The fourth-order valence-electron chi connectivity index (χ4n) is 4.45. The van der Waals surface area contributed by atoms with Crippen LogP contribution in [0.3, 0.4) is 0 Å². The van der Waals surface area contributed by atoms with E-state index in [-0.39, 0.29) is 23.8 Å². The van der Waals surface area contributed by atoms with Gasteiger partial charge in [0.05, 0.1) is 22.9 Å². The van der Waals surface area contributed by atoms with Crippen molar-refractivity contribution in [3.63, 3.8) is 0 Å². The van der Waals surface area contributed by atoms with Crippen LogP contribution in [-0.4, -0.2) is 22.5 Å². The number of hydrogen-bond acceptors (Lipinski definition) is 4. The van der Waals surface area contributed by atoms with Crippen molar-refractivity contribution in [2.24, 2.45) is 0 Å². The summed E-state index contributed by atoms with van der Waals surface area (Å²) in [5.74, 6) is -1.02. The maximum absolute atomic E-state index is 13.5. The van der Waals surface area contributed by atoms with Crippen LogP contribution in [0.4, 0.5) is 24.5 Å². The lowest BCUT2D eigenvalue weighted by atomic mass is 9.75. The molecule has 2 fully saturated rings. The van der Waals surface area contributed by atoms with Crippen LogP contribution >= 0.6 is 0 Å². The lowest BCUT2D eigenvalue weighted by molar-refractivity contribution is -0.138. The summed E-state index contributed by atoms with van der Waals surface area (Å²) in [5, 5.41) is 17.9. The van der Waals surface area contributed by atoms with Crippen LogP contribution < -0.4 is 9.80 Å². The van der Waals surface area contributed by atoms with Gasteiger partial charge in [-0.1, -0.05) is 18.7 Å². The quantitative estimate of drug-likeness (QED) is 0.697. The molecule has 1 N–H and O–H groups in total. The van der Waals surface area contributed by atoms with Gasteiger partial charge in [-0.2, -0.15) is 18.4 Å². The molecule has 1 heterocycles. The van der Waals surface area contributed by atoms with E-state index in [0.717, 1.165) is 24.1 Å². The van der Waals surface area contributed by atoms with Crippen LogP contribution in [0, 0.1) is 11.3 Å². The molecule has 0 unspecified atom stereocenters. The van der Waals surface area contributed by atoms with Crippen molar-refractivity contribution in [1.29, 1.82) is 5.26 Å². The molecule has 0 bridgehead atoms. The van der Waals surface area contributed by atoms with Gasteiger partial charge in [0.2, 0.25) is 0 Å². The third kappa shape index (κ3) is 3.71. The molecule has 0 atom stereocenters. The molecule has 170 valence electrons. The summed E-state index contributed by atoms with van der Waals surface area (Å²) in [6, 6.07) is 11.8. The molecule has 2 aliphatic rings. The molecular formula is C24H20F3N3O3. The number of nitriles is 1. The highest BCUT2D eigenvalue weighted by Crippen LogP contribution is 2.50. The third-order valence-electron chi connectivity index (χ3n) is 6.24. The number of nitrogens with zero attached hydrogens (tertiary/aromatic N) is 3. The van der Waals surface area contributed by atoms with E-state index >= 15 is 0 Å². The van der Waals surface area contributed by atoms with Crippen molar-refractivity contribution in [2.75, 3.05) is 9.80 Å². The highest BCUT2D eigenvalue weighted by Gasteiger charge is 2.58. The number of anilines is 2. The van der Waals surface area contributed by atoms with Crippen LogP contribution in [0.25, 0.3) is 0 Å². The minimum Gasteiger partial charge on any atom is -0.481 e. The summed E-state index contributed by atoms with van der Waals surface area (Å²) < 4.78 is 40.5. The topological polar surface area (TPSA) is 84.6 Å². The lowest BCUT2D eigenvalue weighted by Gasteiger charge is -2.43. The second kappa shape index (κ2) is 7.96. The van der Waals surface area contributed by atoms with Crippen LogP contribution in [-0.2, 0) is 22.2 Å². The number of benzene rings is 2. The Kier molecular flexibility index (Phi) is 5.40. The number of carbonyl (C=O) groups is 2. The van der Waals surface area contributed by atoms with Crippen molar-refractivity contribution in [2.45, 2.75) is 43.8 Å². The van der Waals surface area contributed by atoms with Crippen molar-refractivity contribution in [3.05, 3.63) is 71.6 Å².